The summed E-state index contributed by atoms with van der Waals surface area (Å²) in [6.45, 7) is 2.21. The van der Waals surface area contributed by atoms with Crippen LogP contribution in [-0.2, 0) is 11.4 Å². The summed E-state index contributed by atoms with van der Waals surface area (Å²) in [4.78, 5) is 29.8. The maximum atomic E-state index is 13.8. The van der Waals surface area contributed by atoms with Crippen LogP contribution in [0.2, 0.25) is 0 Å². The van der Waals surface area contributed by atoms with Gasteiger partial charge < -0.3 is 9.47 Å². The Labute approximate surface area is 166 Å². The van der Waals surface area contributed by atoms with Crippen LogP contribution in [0.1, 0.15) is 23.0 Å². The molecular weight excluding hydrogens is 379 g/mol. The second kappa shape index (κ2) is 9.56. The van der Waals surface area contributed by atoms with Crippen LogP contribution < -0.4 is 15.0 Å². The number of hydrogen-bond acceptors (Lipinski definition) is 7. The number of halogens is 1. The number of hydrogen-bond donors (Lipinski definition) is 1. The number of pyridine rings is 1. The lowest BCUT2D eigenvalue weighted by molar-refractivity contribution is 0.0219. The summed E-state index contributed by atoms with van der Waals surface area (Å²) < 4.78 is 24.1. The van der Waals surface area contributed by atoms with Crippen molar-refractivity contribution in [3.8, 4) is 22.9 Å². The van der Waals surface area contributed by atoms with Crippen molar-refractivity contribution in [1.29, 1.82) is 0 Å². The zero-order valence-corrected chi connectivity index (χ0v) is 15.9. The molecule has 0 spiro atoms. The number of amides is 1. The van der Waals surface area contributed by atoms with Gasteiger partial charge in [0.05, 0.1) is 31.8 Å². The molecular formula is C20H19FN4O4. The smallest absolute Gasteiger partial charge is 0.295 e. The van der Waals surface area contributed by atoms with Gasteiger partial charge in [0.1, 0.15) is 23.9 Å². The fraction of sp³-hybridized carbons (Fsp3) is 0.200. The number of ether oxygens (including phenoxy) is 2. The van der Waals surface area contributed by atoms with Crippen LogP contribution in [0.15, 0.2) is 48.9 Å². The highest BCUT2D eigenvalue weighted by Gasteiger charge is 2.12. The lowest BCUT2D eigenvalue weighted by Crippen LogP contribution is -2.25. The van der Waals surface area contributed by atoms with Gasteiger partial charge in [-0.15, -0.1) is 0 Å². The predicted molar refractivity (Wildman–Crippen MR) is 102 cm³/mol. The number of benzene rings is 1. The Kier molecular flexibility index (Phi) is 6.64. The molecule has 0 aliphatic rings. The van der Waals surface area contributed by atoms with Crippen molar-refractivity contribution in [2.24, 2.45) is 0 Å². The van der Waals surface area contributed by atoms with Crippen LogP contribution in [0.25, 0.3) is 11.3 Å². The zero-order valence-electron chi connectivity index (χ0n) is 15.9. The molecule has 0 saturated carbocycles. The van der Waals surface area contributed by atoms with Gasteiger partial charge in [0, 0.05) is 23.4 Å². The first-order chi connectivity index (χ1) is 14.1. The molecule has 0 saturated heterocycles. The van der Waals surface area contributed by atoms with Crippen molar-refractivity contribution in [2.45, 2.75) is 13.5 Å². The number of carbonyl (C=O) groups is 1. The highest BCUT2D eigenvalue weighted by Crippen LogP contribution is 2.18. The van der Waals surface area contributed by atoms with Gasteiger partial charge in [-0.1, -0.05) is 0 Å². The maximum absolute atomic E-state index is 13.8. The van der Waals surface area contributed by atoms with E-state index in [0.29, 0.717) is 29.5 Å². The van der Waals surface area contributed by atoms with Crippen molar-refractivity contribution in [3.05, 3.63) is 66.0 Å². The quantitative estimate of drug-likeness (QED) is 0.583. The molecule has 0 bridgehead atoms. The molecule has 0 aliphatic carbocycles. The van der Waals surface area contributed by atoms with Crippen LogP contribution in [0.4, 0.5) is 4.39 Å². The molecule has 8 nitrogen and oxygen atoms in total. The molecule has 1 amide bonds. The van der Waals surface area contributed by atoms with Gasteiger partial charge in [-0.2, -0.15) is 0 Å². The van der Waals surface area contributed by atoms with Crippen molar-refractivity contribution < 1.29 is 23.5 Å². The molecule has 1 aromatic carbocycles. The summed E-state index contributed by atoms with van der Waals surface area (Å²) in [5, 5.41) is 0. The Hall–Kier alpha value is -3.59. The van der Waals surface area contributed by atoms with Crippen molar-refractivity contribution in [1.82, 2.24) is 20.4 Å². The number of aromatic nitrogens is 3. The minimum atomic E-state index is -0.610. The van der Waals surface area contributed by atoms with Crippen molar-refractivity contribution >= 4 is 5.91 Å². The Morgan fingerprint density at radius 2 is 2.03 bits per heavy atom. The van der Waals surface area contributed by atoms with Crippen LogP contribution in [0, 0.1) is 5.82 Å². The zero-order chi connectivity index (χ0) is 20.6. The van der Waals surface area contributed by atoms with E-state index < -0.39 is 11.7 Å². The third-order valence-corrected chi connectivity index (χ3v) is 3.84. The third kappa shape index (κ3) is 5.23. The average Bonchev–Trinajstić information content (AvgIpc) is 2.76. The molecule has 1 N–H and O–H groups in total. The van der Waals surface area contributed by atoms with E-state index >= 15 is 0 Å². The first-order valence-electron chi connectivity index (χ1n) is 8.76. The molecule has 29 heavy (non-hydrogen) atoms. The molecule has 0 atom stereocenters. The first kappa shape index (κ1) is 20.2. The second-order valence-electron chi connectivity index (χ2n) is 5.78. The highest BCUT2D eigenvalue weighted by molar-refractivity contribution is 5.91. The molecule has 0 aliphatic heterocycles. The monoisotopic (exact) mass is 398 g/mol. The number of nitrogens with one attached hydrogen (secondary N) is 1. The standard InChI is InChI=1S/C20H19FN4O4/c1-3-28-19-7-4-13(9-23-19)17-10-22-11-18(24-17)20(26)25-29-12-14-8-15(27-2)5-6-16(14)21/h4-11H,3,12H2,1-2H3,(H,25,26). The SMILES string of the molecule is CCOc1ccc(-c2cncc(C(=O)NOCc3cc(OC)ccc3F)n2)cn1. The van der Waals surface area contributed by atoms with E-state index in [4.69, 9.17) is 14.3 Å². The van der Waals surface area contributed by atoms with E-state index in [1.165, 1.54) is 37.7 Å². The molecule has 0 fully saturated rings. The normalized spacial score (nSPS) is 10.4. The summed E-state index contributed by atoms with van der Waals surface area (Å²) in [7, 11) is 1.48. The predicted octanol–water partition coefficient (Wildman–Crippen LogP) is 2.95. The molecule has 150 valence electrons. The highest BCUT2D eigenvalue weighted by atomic mass is 19.1. The lowest BCUT2D eigenvalue weighted by Gasteiger charge is -2.08. The molecule has 2 heterocycles. The fourth-order valence-electron chi connectivity index (χ4n) is 2.40. The van der Waals surface area contributed by atoms with Crippen LogP contribution in [-0.4, -0.2) is 34.6 Å². The van der Waals surface area contributed by atoms with E-state index in [1.807, 2.05) is 6.92 Å². The van der Waals surface area contributed by atoms with Crippen LogP contribution >= 0.6 is 0 Å². The second-order valence-corrected chi connectivity index (χ2v) is 5.78. The number of nitrogens with zero attached hydrogens (tertiary/aromatic N) is 3. The first-order valence-corrected chi connectivity index (χ1v) is 8.76. The van der Waals surface area contributed by atoms with E-state index in [9.17, 15) is 9.18 Å². The number of methoxy groups -OCH3 is 1. The molecule has 2 aromatic heterocycles. The minimum absolute atomic E-state index is 0.0440. The van der Waals surface area contributed by atoms with Gasteiger partial charge in [0.25, 0.3) is 5.91 Å². The van der Waals surface area contributed by atoms with E-state index in [0.717, 1.165) is 0 Å². The van der Waals surface area contributed by atoms with Crippen molar-refractivity contribution in [2.75, 3.05) is 13.7 Å². The van der Waals surface area contributed by atoms with Gasteiger partial charge in [-0.05, 0) is 31.2 Å². The average molecular weight is 398 g/mol. The lowest BCUT2D eigenvalue weighted by atomic mass is 10.2. The molecule has 0 radical (unpaired) electrons. The number of carbonyl (C=O) groups excluding carboxylic acids is 1. The summed E-state index contributed by atoms with van der Waals surface area (Å²) in [5.74, 6) is -0.0958. The van der Waals surface area contributed by atoms with Gasteiger partial charge in [0.15, 0.2) is 0 Å². The summed E-state index contributed by atoms with van der Waals surface area (Å²) in [6.07, 6.45) is 4.40. The summed E-state index contributed by atoms with van der Waals surface area (Å²) >= 11 is 0. The maximum Gasteiger partial charge on any atom is 0.295 e. The topological polar surface area (TPSA) is 95.5 Å². The molecule has 3 rings (SSSR count). The van der Waals surface area contributed by atoms with Gasteiger partial charge in [-0.3, -0.25) is 14.6 Å². The Bertz CT molecular complexity index is 982. The van der Waals surface area contributed by atoms with Crippen LogP contribution in [0.3, 0.4) is 0 Å². The molecule has 3 aromatic rings. The Balaban J connectivity index is 1.63. The number of hydroxylamine groups is 1. The summed E-state index contributed by atoms with van der Waals surface area (Å²) in [6, 6.07) is 7.72. The Morgan fingerprint density at radius 3 is 2.76 bits per heavy atom. The Morgan fingerprint density at radius 1 is 1.17 bits per heavy atom. The molecule has 9 heteroatoms. The van der Waals surface area contributed by atoms with E-state index in [2.05, 4.69) is 20.4 Å². The van der Waals surface area contributed by atoms with E-state index in [-0.39, 0.29) is 17.9 Å². The van der Waals surface area contributed by atoms with Crippen LogP contribution in [0.5, 0.6) is 11.6 Å². The largest absolute Gasteiger partial charge is 0.497 e. The fourth-order valence-corrected chi connectivity index (χ4v) is 2.40. The van der Waals surface area contributed by atoms with Crippen molar-refractivity contribution in [3.63, 3.8) is 0 Å². The van der Waals surface area contributed by atoms with E-state index in [1.54, 1.807) is 18.3 Å². The van der Waals surface area contributed by atoms with Gasteiger partial charge >= 0.3 is 0 Å². The van der Waals surface area contributed by atoms with Gasteiger partial charge in [0.2, 0.25) is 5.88 Å². The minimum Gasteiger partial charge on any atom is -0.497 e. The third-order valence-electron chi connectivity index (χ3n) is 3.84. The summed E-state index contributed by atoms with van der Waals surface area (Å²) in [5.41, 5.74) is 3.66. The number of rotatable bonds is 8. The molecule has 0 unspecified atom stereocenters. The van der Waals surface area contributed by atoms with Gasteiger partial charge in [-0.25, -0.2) is 19.8 Å².